The lowest BCUT2D eigenvalue weighted by Gasteiger charge is -2.28. The third-order valence-corrected chi connectivity index (χ3v) is 6.77. The summed E-state index contributed by atoms with van der Waals surface area (Å²) in [5.74, 6) is -0.883. The molecule has 1 fully saturated rings. The van der Waals surface area contributed by atoms with E-state index in [4.69, 9.17) is 10.5 Å². The first kappa shape index (κ1) is 29.4. The van der Waals surface area contributed by atoms with Gasteiger partial charge in [0.25, 0.3) is 5.91 Å². The molecule has 0 saturated carbocycles. The van der Waals surface area contributed by atoms with Gasteiger partial charge in [-0.1, -0.05) is 12.1 Å². The second kappa shape index (κ2) is 12.7. The van der Waals surface area contributed by atoms with E-state index in [0.717, 1.165) is 0 Å². The molecule has 0 unspecified atom stereocenters. The number of aliphatic hydroxyl groups is 1. The maximum absolute atomic E-state index is 14.6. The van der Waals surface area contributed by atoms with Crippen LogP contribution in [0.3, 0.4) is 0 Å². The van der Waals surface area contributed by atoms with Gasteiger partial charge in [-0.15, -0.1) is 12.4 Å². The minimum absolute atomic E-state index is 0. The van der Waals surface area contributed by atoms with Crippen LogP contribution in [0, 0.1) is 17.1 Å². The molecular formula is C29H27ClFN7O3. The Bertz CT molecular complexity index is 1610. The van der Waals surface area contributed by atoms with E-state index < -0.39 is 11.7 Å². The molecule has 2 atom stereocenters. The normalized spacial score (nSPS) is 16.0. The molecule has 12 heteroatoms. The van der Waals surface area contributed by atoms with Crippen LogP contribution in [-0.4, -0.2) is 58.3 Å². The van der Waals surface area contributed by atoms with Crippen LogP contribution in [0.4, 0.5) is 15.8 Å². The molecule has 3 heterocycles. The maximum atomic E-state index is 14.6. The molecular weight excluding hydrogens is 549 g/mol. The van der Waals surface area contributed by atoms with Crippen molar-refractivity contribution in [3.05, 3.63) is 84.2 Å². The van der Waals surface area contributed by atoms with E-state index in [1.807, 2.05) is 11.0 Å². The number of amides is 1. The molecule has 0 bridgehead atoms. The van der Waals surface area contributed by atoms with E-state index in [2.05, 4.69) is 26.3 Å². The molecule has 10 nitrogen and oxygen atoms in total. The highest BCUT2D eigenvalue weighted by Crippen LogP contribution is 2.37. The number of hydrogen-bond acceptors (Lipinski definition) is 9. The van der Waals surface area contributed by atoms with Gasteiger partial charge in [0.15, 0.2) is 5.82 Å². The summed E-state index contributed by atoms with van der Waals surface area (Å²) in [5, 5.41) is 22.5. The number of nitrogens with one attached hydrogen (secondary N) is 1. The molecule has 0 spiro atoms. The molecule has 1 amide bonds. The number of nitrogens with two attached hydrogens (primary N) is 1. The number of methoxy groups -OCH3 is 1. The first-order valence-corrected chi connectivity index (χ1v) is 12.5. The Balaban J connectivity index is 0.00000387. The molecule has 0 radical (unpaired) electrons. The minimum Gasteiger partial charge on any atom is -0.496 e. The lowest BCUT2D eigenvalue weighted by molar-refractivity contribution is 0.102. The molecule has 4 N–H and O–H groups in total. The van der Waals surface area contributed by atoms with Gasteiger partial charge in [-0.05, 0) is 48.4 Å². The first-order valence-electron chi connectivity index (χ1n) is 12.5. The van der Waals surface area contributed by atoms with Gasteiger partial charge < -0.3 is 25.8 Å². The van der Waals surface area contributed by atoms with Gasteiger partial charge in [-0.25, -0.2) is 14.4 Å². The van der Waals surface area contributed by atoms with Crippen LogP contribution in [0.1, 0.15) is 22.5 Å². The number of halogens is 2. The monoisotopic (exact) mass is 575 g/mol. The number of nitrogens with zero attached hydrogens (tertiary/aromatic N) is 5. The van der Waals surface area contributed by atoms with Crippen molar-refractivity contribution in [3.8, 4) is 34.3 Å². The number of nitriles is 1. The van der Waals surface area contributed by atoms with Crippen molar-refractivity contribution >= 4 is 29.7 Å². The van der Waals surface area contributed by atoms with Gasteiger partial charge in [0, 0.05) is 36.7 Å². The number of benzene rings is 2. The predicted octanol–water partition coefficient (Wildman–Crippen LogP) is 3.80. The zero-order chi connectivity index (χ0) is 28.2. The maximum Gasteiger partial charge on any atom is 0.274 e. The van der Waals surface area contributed by atoms with Crippen LogP contribution < -0.4 is 20.7 Å². The zero-order valence-corrected chi connectivity index (χ0v) is 22.8. The van der Waals surface area contributed by atoms with Crippen molar-refractivity contribution in [2.75, 3.05) is 30.5 Å². The van der Waals surface area contributed by atoms with Crippen molar-refractivity contribution in [2.24, 2.45) is 5.73 Å². The fourth-order valence-electron chi connectivity index (χ4n) is 4.87. The number of carbonyl (C=O) groups excluding carboxylic acids is 1. The van der Waals surface area contributed by atoms with Gasteiger partial charge in [0.1, 0.15) is 17.3 Å². The third kappa shape index (κ3) is 5.95. The van der Waals surface area contributed by atoms with Crippen LogP contribution in [0.15, 0.2) is 67.1 Å². The number of aromatic nitrogens is 3. The molecule has 0 aliphatic carbocycles. The zero-order valence-electron chi connectivity index (χ0n) is 22.0. The van der Waals surface area contributed by atoms with Gasteiger partial charge in [-0.3, -0.25) is 9.78 Å². The average molecular weight is 576 g/mol. The second-order valence-electron chi connectivity index (χ2n) is 9.29. The molecule has 2 aromatic carbocycles. The highest BCUT2D eigenvalue weighted by molar-refractivity contribution is 6.05. The SMILES string of the molecule is COc1cccc(F)c1-c1nccc(C(=O)Nc2ccc(-c3cnccc3C#N)cc2N2C[C@@H](N)C[C@H]2CO)n1.Cl. The number of ether oxygens (including phenoxy) is 1. The van der Waals surface area contributed by atoms with E-state index in [1.54, 1.807) is 36.7 Å². The first-order chi connectivity index (χ1) is 19.4. The summed E-state index contributed by atoms with van der Waals surface area (Å²) < 4.78 is 19.9. The van der Waals surface area contributed by atoms with Crippen LogP contribution >= 0.6 is 12.4 Å². The molecule has 4 aromatic rings. The number of carbonyl (C=O) groups is 1. The summed E-state index contributed by atoms with van der Waals surface area (Å²) in [6, 6.07) is 14.5. The van der Waals surface area contributed by atoms with Gasteiger partial charge in [-0.2, -0.15) is 5.26 Å². The lowest BCUT2D eigenvalue weighted by Crippen LogP contribution is -2.33. The Morgan fingerprint density at radius 3 is 2.85 bits per heavy atom. The van der Waals surface area contributed by atoms with E-state index in [1.165, 1.54) is 31.5 Å². The molecule has 1 saturated heterocycles. The predicted molar refractivity (Wildman–Crippen MR) is 154 cm³/mol. The van der Waals surface area contributed by atoms with E-state index in [0.29, 0.717) is 41.0 Å². The fourth-order valence-corrected chi connectivity index (χ4v) is 4.87. The summed E-state index contributed by atoms with van der Waals surface area (Å²) >= 11 is 0. The Morgan fingerprint density at radius 2 is 2.10 bits per heavy atom. The second-order valence-corrected chi connectivity index (χ2v) is 9.29. The quantitative estimate of drug-likeness (QED) is 0.299. The number of hydrogen-bond donors (Lipinski definition) is 3. The summed E-state index contributed by atoms with van der Waals surface area (Å²) in [7, 11) is 1.41. The van der Waals surface area contributed by atoms with Crippen molar-refractivity contribution in [2.45, 2.75) is 18.5 Å². The smallest absolute Gasteiger partial charge is 0.274 e. The lowest BCUT2D eigenvalue weighted by atomic mass is 10.0. The Morgan fingerprint density at radius 1 is 1.27 bits per heavy atom. The standard InChI is InChI=1S/C29H26FN7O3.ClH/c1-40-26-4-2-3-22(30)27(26)28-34-10-8-24(35-28)29(39)36-23-6-5-17(21-14-33-9-7-18(21)13-31)11-25(23)37-15-19(32)12-20(37)16-38;/h2-11,14,19-20,38H,12,15-16,32H2,1H3,(H,36,39);1H/t19-,20-;/m0./s1. The third-order valence-electron chi connectivity index (χ3n) is 6.77. The van der Waals surface area contributed by atoms with Gasteiger partial charge in [0.2, 0.25) is 0 Å². The topological polar surface area (TPSA) is 150 Å². The summed E-state index contributed by atoms with van der Waals surface area (Å²) in [6.45, 7) is 0.335. The molecule has 2 aromatic heterocycles. The van der Waals surface area contributed by atoms with E-state index in [-0.39, 0.29) is 53.9 Å². The van der Waals surface area contributed by atoms with Crippen LogP contribution in [0.25, 0.3) is 22.5 Å². The minimum atomic E-state index is -0.581. The number of anilines is 2. The summed E-state index contributed by atoms with van der Waals surface area (Å²) in [5.41, 5.74) is 9.15. The van der Waals surface area contributed by atoms with E-state index in [9.17, 15) is 19.6 Å². The number of rotatable bonds is 7. The highest BCUT2D eigenvalue weighted by atomic mass is 35.5. The van der Waals surface area contributed by atoms with Gasteiger partial charge in [0.05, 0.1) is 48.3 Å². The largest absolute Gasteiger partial charge is 0.496 e. The fraction of sp³-hybridized carbons (Fsp3) is 0.207. The Hall–Kier alpha value is -4.63. The van der Waals surface area contributed by atoms with Crippen LogP contribution in [0.5, 0.6) is 5.75 Å². The van der Waals surface area contributed by atoms with Crippen molar-refractivity contribution in [1.82, 2.24) is 15.0 Å². The van der Waals surface area contributed by atoms with Crippen LogP contribution in [0.2, 0.25) is 0 Å². The molecule has 41 heavy (non-hydrogen) atoms. The van der Waals surface area contributed by atoms with E-state index >= 15 is 0 Å². The summed E-state index contributed by atoms with van der Waals surface area (Å²) in [4.78, 5) is 28.0. The van der Waals surface area contributed by atoms with Crippen molar-refractivity contribution in [1.29, 1.82) is 5.26 Å². The van der Waals surface area contributed by atoms with Crippen molar-refractivity contribution < 1.29 is 19.0 Å². The van der Waals surface area contributed by atoms with Gasteiger partial charge >= 0.3 is 0 Å². The highest BCUT2D eigenvalue weighted by Gasteiger charge is 2.32. The number of aliphatic hydroxyl groups excluding tert-OH is 1. The molecule has 210 valence electrons. The van der Waals surface area contributed by atoms with Crippen molar-refractivity contribution in [3.63, 3.8) is 0 Å². The average Bonchev–Trinajstić information content (AvgIpc) is 3.37. The van der Waals surface area contributed by atoms with Crippen LogP contribution in [-0.2, 0) is 0 Å². The number of pyridine rings is 1. The summed E-state index contributed by atoms with van der Waals surface area (Å²) in [6.07, 6.45) is 5.10. The Kier molecular flexibility index (Phi) is 9.09. The molecule has 1 aliphatic heterocycles. The molecule has 1 aliphatic rings. The molecule has 5 rings (SSSR count). The Labute approximate surface area is 242 Å².